The summed E-state index contributed by atoms with van der Waals surface area (Å²) in [5, 5.41) is 5.02. The van der Waals surface area contributed by atoms with Crippen LogP contribution in [-0.2, 0) is 5.41 Å². The lowest BCUT2D eigenvalue weighted by Gasteiger charge is -2.35. The first-order valence-corrected chi connectivity index (χ1v) is 17.5. The predicted octanol–water partition coefficient (Wildman–Crippen LogP) is 12.1. The Hall–Kier alpha value is -6.64. The standard InChI is InChI=1S/C49H32N2/c1-4-16-33(17-5-1)46-32-47(51-48(50-46)34-18-6-2-7-19-34)36-28-29-42-41-26-14-15-27-43(41)49(45(42)31-36,37-21-8-3-9-22-37)44-30-35-20-10-11-23-38(35)39-24-12-13-25-40(39)44/h1-32H. The minimum absolute atomic E-state index is 0.579. The van der Waals surface area contributed by atoms with Crippen LogP contribution in [0.2, 0.25) is 0 Å². The van der Waals surface area contributed by atoms with E-state index in [2.05, 4.69) is 170 Å². The van der Waals surface area contributed by atoms with Crippen LogP contribution >= 0.6 is 0 Å². The Balaban J connectivity index is 1.30. The van der Waals surface area contributed by atoms with Gasteiger partial charge in [0.1, 0.15) is 0 Å². The monoisotopic (exact) mass is 648 g/mol. The van der Waals surface area contributed by atoms with Crippen LogP contribution in [0.3, 0.4) is 0 Å². The predicted molar refractivity (Wildman–Crippen MR) is 211 cm³/mol. The topological polar surface area (TPSA) is 25.8 Å². The number of hydrogen-bond acceptors (Lipinski definition) is 2. The lowest BCUT2D eigenvalue weighted by Crippen LogP contribution is -2.29. The largest absolute Gasteiger partial charge is 0.228 e. The third-order valence-electron chi connectivity index (χ3n) is 10.5. The number of nitrogens with zero attached hydrogens (tertiary/aromatic N) is 2. The lowest BCUT2D eigenvalue weighted by atomic mass is 9.66. The first-order chi connectivity index (χ1) is 25.3. The highest BCUT2D eigenvalue weighted by Crippen LogP contribution is 2.58. The zero-order valence-corrected chi connectivity index (χ0v) is 27.9. The molecule has 1 aromatic heterocycles. The minimum atomic E-state index is -0.579. The van der Waals surface area contributed by atoms with Gasteiger partial charge >= 0.3 is 0 Å². The molecule has 0 saturated carbocycles. The first kappa shape index (κ1) is 29.3. The summed E-state index contributed by atoms with van der Waals surface area (Å²) >= 11 is 0. The molecule has 0 radical (unpaired) electrons. The normalized spacial score (nSPS) is 14.7. The Morgan fingerprint density at radius 1 is 0.333 bits per heavy atom. The first-order valence-electron chi connectivity index (χ1n) is 17.5. The highest BCUT2D eigenvalue weighted by atomic mass is 14.9. The van der Waals surface area contributed by atoms with Crippen molar-refractivity contribution in [2.24, 2.45) is 0 Å². The maximum absolute atomic E-state index is 5.25. The molecule has 0 aliphatic heterocycles. The second kappa shape index (κ2) is 11.8. The van der Waals surface area contributed by atoms with Gasteiger partial charge in [0, 0.05) is 16.7 Å². The van der Waals surface area contributed by atoms with E-state index < -0.39 is 5.41 Å². The lowest BCUT2D eigenvalue weighted by molar-refractivity contribution is 0.778. The second-order valence-corrected chi connectivity index (χ2v) is 13.3. The number of rotatable bonds is 5. The summed E-state index contributed by atoms with van der Waals surface area (Å²) in [5.74, 6) is 0.714. The molecular formula is C49H32N2. The van der Waals surface area contributed by atoms with Gasteiger partial charge in [-0.3, -0.25) is 0 Å². The van der Waals surface area contributed by atoms with Gasteiger partial charge in [0.15, 0.2) is 5.82 Å². The van der Waals surface area contributed by atoms with Gasteiger partial charge in [-0.1, -0.05) is 176 Å². The molecule has 9 aromatic rings. The molecule has 2 nitrogen and oxygen atoms in total. The summed E-state index contributed by atoms with van der Waals surface area (Å²) < 4.78 is 0. The van der Waals surface area contributed by atoms with Gasteiger partial charge in [0.2, 0.25) is 0 Å². The van der Waals surface area contributed by atoms with E-state index in [1.807, 2.05) is 24.3 Å². The van der Waals surface area contributed by atoms with Crippen molar-refractivity contribution < 1.29 is 0 Å². The molecule has 51 heavy (non-hydrogen) atoms. The minimum Gasteiger partial charge on any atom is -0.228 e. The van der Waals surface area contributed by atoms with E-state index in [9.17, 15) is 0 Å². The van der Waals surface area contributed by atoms with E-state index >= 15 is 0 Å². The molecule has 1 heterocycles. The summed E-state index contributed by atoms with van der Waals surface area (Å²) in [6.07, 6.45) is 0. The van der Waals surface area contributed by atoms with Crippen LogP contribution in [0.15, 0.2) is 194 Å². The van der Waals surface area contributed by atoms with Crippen molar-refractivity contribution in [3.05, 3.63) is 216 Å². The molecule has 1 aliphatic rings. The Kier molecular flexibility index (Phi) is 6.75. The molecule has 0 fully saturated rings. The summed E-state index contributed by atoms with van der Waals surface area (Å²) in [5.41, 5.74) is 11.9. The van der Waals surface area contributed by atoms with E-state index in [0.717, 1.165) is 28.1 Å². The fourth-order valence-corrected chi connectivity index (χ4v) is 8.32. The van der Waals surface area contributed by atoms with Crippen LogP contribution in [0.25, 0.3) is 66.6 Å². The molecule has 238 valence electrons. The van der Waals surface area contributed by atoms with Crippen molar-refractivity contribution in [3.63, 3.8) is 0 Å². The summed E-state index contributed by atoms with van der Waals surface area (Å²) in [6.45, 7) is 0. The van der Waals surface area contributed by atoms with Crippen molar-refractivity contribution in [1.29, 1.82) is 0 Å². The Labute approximate surface area is 297 Å². The number of aromatic nitrogens is 2. The molecule has 0 N–H and O–H groups in total. The quantitative estimate of drug-likeness (QED) is 0.174. The van der Waals surface area contributed by atoms with E-state index in [1.165, 1.54) is 54.9 Å². The summed E-state index contributed by atoms with van der Waals surface area (Å²) in [4.78, 5) is 10.3. The van der Waals surface area contributed by atoms with E-state index in [4.69, 9.17) is 9.97 Å². The van der Waals surface area contributed by atoms with Crippen LogP contribution in [-0.4, -0.2) is 9.97 Å². The van der Waals surface area contributed by atoms with Gasteiger partial charge < -0.3 is 0 Å². The average Bonchev–Trinajstić information content (AvgIpc) is 3.51. The average molecular weight is 649 g/mol. The van der Waals surface area contributed by atoms with Gasteiger partial charge in [0.05, 0.1) is 16.8 Å². The molecule has 1 atom stereocenters. The Bertz CT molecular complexity index is 2680. The summed E-state index contributed by atoms with van der Waals surface area (Å²) in [6, 6.07) is 69.9. The Morgan fingerprint density at radius 3 is 1.67 bits per heavy atom. The molecular weight excluding hydrogens is 617 g/mol. The molecule has 0 amide bonds. The zero-order chi connectivity index (χ0) is 33.8. The van der Waals surface area contributed by atoms with Crippen LogP contribution < -0.4 is 0 Å². The molecule has 1 unspecified atom stereocenters. The highest BCUT2D eigenvalue weighted by Gasteiger charge is 2.47. The smallest absolute Gasteiger partial charge is 0.160 e. The molecule has 0 bridgehead atoms. The fraction of sp³-hybridized carbons (Fsp3) is 0.0204. The van der Waals surface area contributed by atoms with Crippen molar-refractivity contribution in [2.75, 3.05) is 0 Å². The Morgan fingerprint density at radius 2 is 0.902 bits per heavy atom. The molecule has 2 heteroatoms. The van der Waals surface area contributed by atoms with Crippen LogP contribution in [0.1, 0.15) is 22.3 Å². The van der Waals surface area contributed by atoms with Gasteiger partial charge in [0.25, 0.3) is 0 Å². The number of hydrogen-bond donors (Lipinski definition) is 0. The highest BCUT2D eigenvalue weighted by molar-refractivity contribution is 6.10. The maximum Gasteiger partial charge on any atom is 0.160 e. The maximum atomic E-state index is 5.25. The summed E-state index contributed by atoms with van der Waals surface area (Å²) in [7, 11) is 0. The van der Waals surface area contributed by atoms with Gasteiger partial charge in [-0.05, 0) is 73.1 Å². The second-order valence-electron chi connectivity index (χ2n) is 13.3. The SMILES string of the molecule is c1ccc(-c2cc(-c3ccc4c(c3)C(c3ccccc3)(c3cc5ccccc5c5ccccc35)c3ccccc3-4)nc(-c3ccccc3)n2)cc1. The number of fused-ring (bicyclic) bond motifs is 6. The van der Waals surface area contributed by atoms with Gasteiger partial charge in [-0.15, -0.1) is 0 Å². The van der Waals surface area contributed by atoms with Crippen molar-refractivity contribution in [2.45, 2.75) is 5.41 Å². The van der Waals surface area contributed by atoms with Crippen molar-refractivity contribution >= 4 is 21.5 Å². The molecule has 8 aromatic carbocycles. The van der Waals surface area contributed by atoms with E-state index in [0.29, 0.717) is 5.82 Å². The fourth-order valence-electron chi connectivity index (χ4n) is 8.32. The molecule has 10 rings (SSSR count). The van der Waals surface area contributed by atoms with Gasteiger partial charge in [-0.25, -0.2) is 9.97 Å². The molecule has 0 saturated heterocycles. The third kappa shape index (κ3) is 4.57. The van der Waals surface area contributed by atoms with Crippen molar-refractivity contribution in [3.8, 4) is 45.0 Å². The van der Waals surface area contributed by atoms with Crippen LogP contribution in [0.4, 0.5) is 0 Å². The number of benzene rings is 8. The van der Waals surface area contributed by atoms with E-state index in [-0.39, 0.29) is 0 Å². The van der Waals surface area contributed by atoms with Crippen LogP contribution in [0, 0.1) is 0 Å². The van der Waals surface area contributed by atoms with Gasteiger partial charge in [-0.2, -0.15) is 0 Å². The van der Waals surface area contributed by atoms with Crippen molar-refractivity contribution in [1.82, 2.24) is 9.97 Å². The molecule has 1 aliphatic carbocycles. The van der Waals surface area contributed by atoms with Crippen LogP contribution in [0.5, 0.6) is 0 Å². The molecule has 0 spiro atoms. The third-order valence-corrected chi connectivity index (χ3v) is 10.5. The zero-order valence-electron chi connectivity index (χ0n) is 27.9. The van der Waals surface area contributed by atoms with E-state index in [1.54, 1.807) is 0 Å².